The molecule has 3 heterocycles. The third kappa shape index (κ3) is 6.32. The molecule has 3 aliphatic heterocycles. The Labute approximate surface area is 360 Å². The number of benzene rings is 9. The molecule has 0 radical (unpaired) electrons. The molecular weight excluding hydrogens is 767 g/mol. The minimum atomic E-state index is -1.45. The quantitative estimate of drug-likeness (QED) is 0.168. The first kappa shape index (κ1) is 36.4. The van der Waals surface area contributed by atoms with Crippen molar-refractivity contribution in [2.45, 2.75) is 25.2 Å². The van der Waals surface area contributed by atoms with Gasteiger partial charge in [0.15, 0.2) is 20.2 Å². The van der Waals surface area contributed by atoms with Gasteiger partial charge >= 0.3 is 0 Å². The fraction of sp³-hybridized carbons (Fsp3) is 0.127. The maximum atomic E-state index is 13.2. The average molecular weight is 810 g/mol. The average Bonchev–Trinajstić information content (AvgIpc) is 3.34. The third-order valence-corrected chi connectivity index (χ3v) is 12.9. The van der Waals surface area contributed by atoms with Gasteiger partial charge < -0.3 is 34.0 Å². The normalized spacial score (nSPS) is 14.8. The zero-order chi connectivity index (χ0) is 41.2. The van der Waals surface area contributed by atoms with E-state index >= 15 is 0 Å². The topological polar surface area (TPSA) is 57.6 Å². The van der Waals surface area contributed by atoms with Crippen LogP contribution in [-0.4, -0.2) is 25.3 Å². The number of anilines is 3. The van der Waals surface area contributed by atoms with E-state index in [0.717, 1.165) is 87.3 Å². The highest BCUT2D eigenvalue weighted by molar-refractivity contribution is 5.87. The first-order valence-corrected chi connectivity index (χ1v) is 21.2. The fourth-order valence-electron chi connectivity index (χ4n) is 9.51. The molecule has 7 heteroatoms. The van der Waals surface area contributed by atoms with Gasteiger partial charge in [-0.1, -0.05) is 109 Å². The molecule has 9 aromatic carbocycles. The number of ether oxygens (including phenoxy) is 3. The second-order valence-electron chi connectivity index (χ2n) is 16.7. The molecule has 7 nitrogen and oxygen atoms in total. The van der Waals surface area contributed by atoms with Crippen molar-refractivity contribution in [3.8, 4) is 17.2 Å². The summed E-state index contributed by atoms with van der Waals surface area (Å²) in [6, 6.07) is 63.1. The molecule has 0 aliphatic carbocycles. The number of fused-ring (bicyclic) bond motifs is 6. The Balaban J connectivity index is 0.856. The van der Waals surface area contributed by atoms with Crippen LogP contribution in [0.2, 0.25) is 0 Å². The van der Waals surface area contributed by atoms with E-state index in [4.69, 9.17) is 14.2 Å². The first-order chi connectivity index (χ1) is 30.5. The Kier molecular flexibility index (Phi) is 8.57. The number of hydrogen-bond acceptors (Lipinski definition) is 7. The lowest BCUT2D eigenvalue weighted by Crippen LogP contribution is -2.33. The number of hydrogen-bond donors (Lipinski definition) is 1. The summed E-state index contributed by atoms with van der Waals surface area (Å²) in [6.07, 6.45) is 0. The Morgan fingerprint density at radius 3 is 0.871 bits per heavy atom. The van der Waals surface area contributed by atoms with E-state index in [2.05, 4.69) is 160 Å². The minimum absolute atomic E-state index is 0.444. The molecule has 0 saturated carbocycles. The van der Waals surface area contributed by atoms with Crippen molar-refractivity contribution >= 4 is 49.4 Å². The number of nitrogens with zero attached hydrogens (tertiary/aromatic N) is 3. The van der Waals surface area contributed by atoms with E-state index in [-0.39, 0.29) is 0 Å². The molecule has 0 spiro atoms. The lowest BCUT2D eigenvalue weighted by atomic mass is 9.80. The molecule has 0 unspecified atom stereocenters. The van der Waals surface area contributed by atoms with Crippen molar-refractivity contribution in [2.75, 3.05) is 34.9 Å². The van der Waals surface area contributed by atoms with Crippen LogP contribution in [0.4, 0.5) is 17.1 Å². The van der Waals surface area contributed by atoms with E-state index in [1.54, 1.807) is 0 Å². The summed E-state index contributed by atoms with van der Waals surface area (Å²) in [7, 11) is 0. The monoisotopic (exact) mass is 809 g/mol. The summed E-state index contributed by atoms with van der Waals surface area (Å²) >= 11 is 0. The second-order valence-corrected chi connectivity index (χ2v) is 16.7. The van der Waals surface area contributed by atoms with Gasteiger partial charge in [0.25, 0.3) is 0 Å². The SMILES string of the molecule is OC(c1ccc(N2COc3cc4ccccc4cc3C2)cc1)(c1ccc(N2COc3cc4ccccc4cc3C2)cc1)c1ccc(N2COc3cc4ccccc4cc3C2)cc1. The van der Waals surface area contributed by atoms with E-state index in [9.17, 15) is 5.11 Å². The van der Waals surface area contributed by atoms with Crippen LogP contribution < -0.4 is 28.9 Å². The van der Waals surface area contributed by atoms with Crippen LogP contribution in [0, 0.1) is 0 Å². The molecule has 0 fully saturated rings. The van der Waals surface area contributed by atoms with Crippen LogP contribution in [0.15, 0.2) is 182 Å². The molecule has 302 valence electrons. The summed E-state index contributed by atoms with van der Waals surface area (Å²) < 4.78 is 18.9. The lowest BCUT2D eigenvalue weighted by molar-refractivity contribution is 0.125. The fourth-order valence-corrected chi connectivity index (χ4v) is 9.51. The molecule has 0 atom stereocenters. The largest absolute Gasteiger partial charge is 0.473 e. The van der Waals surface area contributed by atoms with Gasteiger partial charge in [0, 0.05) is 53.4 Å². The van der Waals surface area contributed by atoms with E-state index < -0.39 is 5.60 Å². The van der Waals surface area contributed by atoms with E-state index in [0.29, 0.717) is 20.2 Å². The Morgan fingerprint density at radius 1 is 0.339 bits per heavy atom. The summed E-state index contributed by atoms with van der Waals surface area (Å²) in [5.41, 5.74) is 7.41. The highest BCUT2D eigenvalue weighted by atomic mass is 16.5. The van der Waals surface area contributed by atoms with E-state index in [1.807, 2.05) is 36.4 Å². The van der Waals surface area contributed by atoms with Crippen LogP contribution >= 0.6 is 0 Å². The van der Waals surface area contributed by atoms with Gasteiger partial charge in [0.1, 0.15) is 22.8 Å². The predicted octanol–water partition coefficient (Wildman–Crippen LogP) is 11.5. The maximum absolute atomic E-state index is 13.2. The summed E-state index contributed by atoms with van der Waals surface area (Å²) in [6.45, 7) is 3.52. The number of aliphatic hydroxyl groups is 1. The predicted molar refractivity (Wildman–Crippen MR) is 248 cm³/mol. The molecule has 0 amide bonds. The van der Waals surface area contributed by atoms with Crippen molar-refractivity contribution < 1.29 is 19.3 Å². The Morgan fingerprint density at radius 2 is 0.597 bits per heavy atom. The highest BCUT2D eigenvalue weighted by Gasteiger charge is 2.35. The molecule has 12 rings (SSSR count). The highest BCUT2D eigenvalue weighted by Crippen LogP contribution is 2.41. The van der Waals surface area contributed by atoms with Crippen molar-refractivity contribution in [2.24, 2.45) is 0 Å². The van der Waals surface area contributed by atoms with Crippen LogP contribution in [0.5, 0.6) is 17.2 Å². The lowest BCUT2D eigenvalue weighted by Gasteiger charge is -2.34. The van der Waals surface area contributed by atoms with Gasteiger partial charge in [-0.3, -0.25) is 0 Å². The molecule has 1 N–H and O–H groups in total. The zero-order valence-corrected chi connectivity index (χ0v) is 34.1. The summed E-state index contributed by atoms with van der Waals surface area (Å²) in [5, 5.41) is 20.3. The molecule has 0 aromatic heterocycles. The maximum Gasteiger partial charge on any atom is 0.161 e. The zero-order valence-electron chi connectivity index (χ0n) is 34.1. The van der Waals surface area contributed by atoms with Gasteiger partial charge in [-0.15, -0.1) is 0 Å². The smallest absolute Gasteiger partial charge is 0.161 e. The Bertz CT molecular complexity index is 2810. The molecule has 0 saturated heterocycles. The van der Waals surface area contributed by atoms with Crippen molar-refractivity contribution in [3.63, 3.8) is 0 Å². The van der Waals surface area contributed by atoms with Crippen LogP contribution in [0.25, 0.3) is 32.3 Å². The molecule has 3 aliphatic rings. The first-order valence-electron chi connectivity index (χ1n) is 21.2. The summed E-state index contributed by atoms with van der Waals surface area (Å²) in [4.78, 5) is 6.69. The van der Waals surface area contributed by atoms with Gasteiger partial charge in [-0.25, -0.2) is 0 Å². The third-order valence-electron chi connectivity index (χ3n) is 12.9. The van der Waals surface area contributed by atoms with Gasteiger partial charge in [-0.05, 0) is 122 Å². The van der Waals surface area contributed by atoms with Crippen LogP contribution in [-0.2, 0) is 25.2 Å². The van der Waals surface area contributed by atoms with Gasteiger partial charge in [-0.2, -0.15) is 0 Å². The van der Waals surface area contributed by atoms with Crippen molar-refractivity contribution in [1.82, 2.24) is 0 Å². The minimum Gasteiger partial charge on any atom is -0.473 e. The van der Waals surface area contributed by atoms with Crippen LogP contribution in [0.3, 0.4) is 0 Å². The molecule has 62 heavy (non-hydrogen) atoms. The van der Waals surface area contributed by atoms with Crippen molar-refractivity contribution in [3.05, 3.63) is 215 Å². The molecule has 0 bridgehead atoms. The van der Waals surface area contributed by atoms with Crippen LogP contribution in [0.1, 0.15) is 33.4 Å². The number of rotatable bonds is 6. The van der Waals surface area contributed by atoms with Gasteiger partial charge in [0.2, 0.25) is 0 Å². The van der Waals surface area contributed by atoms with Crippen molar-refractivity contribution in [1.29, 1.82) is 0 Å². The van der Waals surface area contributed by atoms with Gasteiger partial charge in [0.05, 0.1) is 0 Å². The molecular formula is C55H43N3O4. The summed E-state index contributed by atoms with van der Waals surface area (Å²) in [5.74, 6) is 2.79. The second kappa shape index (κ2) is 14.6. The van der Waals surface area contributed by atoms with E-state index in [1.165, 1.54) is 32.3 Å². The Hall–Kier alpha value is -7.48. The standard InChI is InChI=1S/C55H43N3O4/c59-55(46-13-19-49(20-14-46)56-31-43-25-37-7-1-4-10-40(37)28-52(43)60-34-56,47-15-21-50(22-16-47)57-32-44-26-38-8-2-5-11-41(38)29-53(44)61-35-57)48-17-23-51(24-18-48)58-33-45-27-39-9-3-6-12-42(39)30-54(45)62-36-58/h1-30,59H,31-36H2. The molecule has 9 aromatic rings.